The van der Waals surface area contributed by atoms with Crippen molar-refractivity contribution >= 4 is 5.91 Å². The molecule has 1 heterocycles. The Labute approximate surface area is 135 Å². The predicted octanol–water partition coefficient (Wildman–Crippen LogP) is 3.09. The first-order chi connectivity index (χ1) is 10.8. The van der Waals surface area contributed by atoms with E-state index < -0.39 is 0 Å². The first-order valence-corrected chi connectivity index (χ1v) is 9.39. The zero-order valence-corrected chi connectivity index (χ0v) is 14.1. The van der Waals surface area contributed by atoms with E-state index in [1.165, 1.54) is 38.5 Å². The van der Waals surface area contributed by atoms with Crippen molar-refractivity contribution in [3.63, 3.8) is 0 Å². The van der Waals surface area contributed by atoms with Crippen molar-refractivity contribution in [1.29, 1.82) is 0 Å². The fraction of sp³-hybridized carbons (Fsp3) is 0.944. The molecule has 0 bridgehead atoms. The lowest BCUT2D eigenvalue weighted by Gasteiger charge is -2.32. The van der Waals surface area contributed by atoms with Gasteiger partial charge in [0.15, 0.2) is 0 Å². The Morgan fingerprint density at radius 3 is 2.45 bits per heavy atom. The number of nitrogens with zero attached hydrogens (tertiary/aromatic N) is 1. The Morgan fingerprint density at radius 2 is 1.77 bits per heavy atom. The molecule has 4 nitrogen and oxygen atoms in total. The Morgan fingerprint density at radius 1 is 1.05 bits per heavy atom. The van der Waals surface area contributed by atoms with Crippen LogP contribution in [-0.4, -0.2) is 43.2 Å². The van der Waals surface area contributed by atoms with Gasteiger partial charge in [-0.1, -0.05) is 32.1 Å². The van der Waals surface area contributed by atoms with Crippen molar-refractivity contribution in [3.8, 4) is 0 Å². The second-order valence-electron chi connectivity index (χ2n) is 6.99. The maximum absolute atomic E-state index is 12.3. The minimum absolute atomic E-state index is 0.331. The molecule has 2 aliphatic rings. The van der Waals surface area contributed by atoms with E-state index in [9.17, 15) is 4.79 Å². The molecule has 128 valence electrons. The van der Waals surface area contributed by atoms with Gasteiger partial charge >= 0.3 is 0 Å². The molecule has 0 spiro atoms. The number of likely N-dealkylation sites (tertiary alicyclic amines) is 1. The molecule has 2 N–H and O–H groups in total. The van der Waals surface area contributed by atoms with Crippen LogP contribution in [0.5, 0.6) is 0 Å². The van der Waals surface area contributed by atoms with Gasteiger partial charge in [0.2, 0.25) is 5.91 Å². The van der Waals surface area contributed by atoms with E-state index in [1.54, 1.807) is 0 Å². The third-order valence-electron chi connectivity index (χ3n) is 5.22. The summed E-state index contributed by atoms with van der Waals surface area (Å²) in [5, 5.41) is 0. The third-order valence-corrected chi connectivity index (χ3v) is 5.22. The van der Waals surface area contributed by atoms with E-state index in [0.29, 0.717) is 18.6 Å². The monoisotopic (exact) mass is 310 g/mol. The van der Waals surface area contributed by atoms with Gasteiger partial charge in [-0.05, 0) is 44.6 Å². The summed E-state index contributed by atoms with van der Waals surface area (Å²) in [6.07, 6.45) is 13.3. The summed E-state index contributed by atoms with van der Waals surface area (Å²) in [4.78, 5) is 14.3. The molecule has 1 aliphatic carbocycles. The van der Waals surface area contributed by atoms with Crippen LogP contribution in [0.1, 0.15) is 70.6 Å². The van der Waals surface area contributed by atoms with Crippen LogP contribution in [0.4, 0.5) is 0 Å². The highest BCUT2D eigenvalue weighted by molar-refractivity contribution is 5.76. The lowest BCUT2D eigenvalue weighted by Crippen LogP contribution is -2.41. The highest BCUT2D eigenvalue weighted by Crippen LogP contribution is 2.28. The van der Waals surface area contributed by atoms with Crippen molar-refractivity contribution in [3.05, 3.63) is 0 Å². The molecule has 1 amide bonds. The fourth-order valence-electron chi connectivity index (χ4n) is 3.78. The molecule has 4 heteroatoms. The van der Waals surface area contributed by atoms with Gasteiger partial charge in [0.05, 0.1) is 6.10 Å². The Balaban J connectivity index is 1.54. The van der Waals surface area contributed by atoms with Gasteiger partial charge in [-0.25, -0.2) is 0 Å². The van der Waals surface area contributed by atoms with Crippen LogP contribution in [0.2, 0.25) is 0 Å². The van der Waals surface area contributed by atoms with Gasteiger partial charge in [0, 0.05) is 26.1 Å². The second kappa shape index (κ2) is 10.2. The summed E-state index contributed by atoms with van der Waals surface area (Å²) in [6.45, 7) is 3.19. The van der Waals surface area contributed by atoms with Crippen molar-refractivity contribution in [2.75, 3.05) is 26.2 Å². The molecule has 1 aliphatic heterocycles. The number of ether oxygens (including phenoxy) is 1. The molecule has 2 rings (SSSR count). The molecule has 2 fully saturated rings. The summed E-state index contributed by atoms with van der Waals surface area (Å²) in [6, 6.07) is 0. The summed E-state index contributed by atoms with van der Waals surface area (Å²) in [5.41, 5.74) is 5.47. The number of piperidine rings is 1. The van der Waals surface area contributed by atoms with Crippen LogP contribution in [0.3, 0.4) is 0 Å². The van der Waals surface area contributed by atoms with E-state index in [0.717, 1.165) is 57.7 Å². The number of nitrogens with two attached hydrogens (primary N) is 1. The maximum Gasteiger partial charge on any atom is 0.222 e. The quantitative estimate of drug-likeness (QED) is 0.701. The van der Waals surface area contributed by atoms with Gasteiger partial charge in [-0.15, -0.1) is 0 Å². The van der Waals surface area contributed by atoms with E-state index in [-0.39, 0.29) is 0 Å². The van der Waals surface area contributed by atoms with Crippen LogP contribution >= 0.6 is 0 Å². The lowest BCUT2D eigenvalue weighted by atomic mass is 9.86. The highest BCUT2D eigenvalue weighted by atomic mass is 16.5. The van der Waals surface area contributed by atoms with Crippen LogP contribution in [0, 0.1) is 5.92 Å². The average Bonchev–Trinajstić information content (AvgIpc) is 2.56. The summed E-state index contributed by atoms with van der Waals surface area (Å²) in [5.74, 6) is 1.25. The number of carbonyl (C=O) groups is 1. The average molecular weight is 310 g/mol. The lowest BCUT2D eigenvalue weighted by molar-refractivity contribution is -0.134. The van der Waals surface area contributed by atoms with Crippen LogP contribution in [-0.2, 0) is 9.53 Å². The molecular weight excluding hydrogens is 276 g/mol. The van der Waals surface area contributed by atoms with E-state index in [1.807, 2.05) is 4.90 Å². The highest BCUT2D eigenvalue weighted by Gasteiger charge is 2.23. The van der Waals surface area contributed by atoms with E-state index >= 15 is 0 Å². The Kier molecular flexibility index (Phi) is 8.24. The van der Waals surface area contributed by atoms with Gasteiger partial charge in [0.25, 0.3) is 0 Å². The summed E-state index contributed by atoms with van der Waals surface area (Å²) in [7, 11) is 0. The molecule has 0 unspecified atom stereocenters. The first-order valence-electron chi connectivity index (χ1n) is 9.39. The number of hydrogen-bond acceptors (Lipinski definition) is 3. The van der Waals surface area contributed by atoms with Crippen LogP contribution in [0.25, 0.3) is 0 Å². The molecule has 1 saturated carbocycles. The number of amides is 1. The van der Waals surface area contributed by atoms with E-state index in [4.69, 9.17) is 10.5 Å². The molecule has 0 aromatic carbocycles. The zero-order valence-electron chi connectivity index (χ0n) is 14.1. The van der Waals surface area contributed by atoms with Crippen molar-refractivity contribution in [2.45, 2.75) is 76.7 Å². The Hall–Kier alpha value is -0.610. The third kappa shape index (κ3) is 6.25. The van der Waals surface area contributed by atoms with Crippen molar-refractivity contribution < 1.29 is 9.53 Å². The second-order valence-corrected chi connectivity index (χ2v) is 6.99. The summed E-state index contributed by atoms with van der Waals surface area (Å²) >= 11 is 0. The fourth-order valence-corrected chi connectivity index (χ4v) is 3.78. The van der Waals surface area contributed by atoms with Crippen molar-refractivity contribution in [2.24, 2.45) is 11.7 Å². The number of rotatable bonds is 8. The predicted molar refractivity (Wildman–Crippen MR) is 89.7 cm³/mol. The SMILES string of the molecule is NCCCOC1CCN(C(=O)CCCC2CCCCC2)CC1. The topological polar surface area (TPSA) is 55.6 Å². The minimum Gasteiger partial charge on any atom is -0.378 e. The zero-order chi connectivity index (χ0) is 15.6. The molecule has 0 atom stereocenters. The molecule has 0 aromatic rings. The number of carbonyl (C=O) groups excluding carboxylic acids is 1. The van der Waals surface area contributed by atoms with E-state index in [2.05, 4.69) is 0 Å². The van der Waals surface area contributed by atoms with Crippen LogP contribution in [0.15, 0.2) is 0 Å². The van der Waals surface area contributed by atoms with Gasteiger partial charge in [0.1, 0.15) is 0 Å². The Bertz CT molecular complexity index is 308. The normalized spacial score (nSPS) is 21.2. The molecule has 1 saturated heterocycles. The molecule has 22 heavy (non-hydrogen) atoms. The van der Waals surface area contributed by atoms with Gasteiger partial charge < -0.3 is 15.4 Å². The smallest absolute Gasteiger partial charge is 0.222 e. The standard InChI is InChI=1S/C18H34N2O2/c19-12-5-15-22-17-10-13-20(14-11-17)18(21)9-4-8-16-6-2-1-3-7-16/h16-17H,1-15,19H2. The first kappa shape index (κ1) is 17.7. The molecule has 0 radical (unpaired) electrons. The van der Waals surface area contributed by atoms with Gasteiger partial charge in [-0.3, -0.25) is 4.79 Å². The van der Waals surface area contributed by atoms with Crippen LogP contribution < -0.4 is 5.73 Å². The maximum atomic E-state index is 12.3. The summed E-state index contributed by atoms with van der Waals surface area (Å²) < 4.78 is 5.79. The molecule has 0 aromatic heterocycles. The minimum atomic E-state index is 0.331. The van der Waals surface area contributed by atoms with Crippen molar-refractivity contribution in [1.82, 2.24) is 4.90 Å². The number of hydrogen-bond donors (Lipinski definition) is 1. The van der Waals surface area contributed by atoms with Gasteiger partial charge in [-0.2, -0.15) is 0 Å². The molecular formula is C18H34N2O2. The largest absolute Gasteiger partial charge is 0.378 e.